The summed E-state index contributed by atoms with van der Waals surface area (Å²) in [4.78, 5) is 13.2. The van der Waals surface area contributed by atoms with Crippen molar-refractivity contribution in [2.75, 3.05) is 12.3 Å². The second kappa shape index (κ2) is 7.86. The molecule has 0 atom stereocenters. The Morgan fingerprint density at radius 3 is 2.35 bits per heavy atom. The summed E-state index contributed by atoms with van der Waals surface area (Å²) in [5.41, 5.74) is 0.649. The van der Waals surface area contributed by atoms with Gasteiger partial charge < -0.3 is 5.32 Å². The Hall–Kier alpha value is -0.780. The predicted molar refractivity (Wildman–Crippen MR) is 91.3 cm³/mol. The molecule has 0 saturated carbocycles. The fourth-order valence-corrected chi connectivity index (χ4v) is 3.72. The van der Waals surface area contributed by atoms with E-state index in [0.29, 0.717) is 12.1 Å². The van der Waals surface area contributed by atoms with Gasteiger partial charge in [-0.05, 0) is 30.3 Å². The molecule has 2 aromatic rings. The third-order valence-electron chi connectivity index (χ3n) is 2.52. The molecule has 0 radical (unpaired) electrons. The van der Waals surface area contributed by atoms with Crippen LogP contribution in [-0.4, -0.2) is 18.2 Å². The molecule has 0 heterocycles. The van der Waals surface area contributed by atoms with Gasteiger partial charge in [-0.15, -0.1) is 11.8 Å². The molecule has 0 aliphatic rings. The normalized spacial score (nSPS) is 10.3. The Kier molecular flexibility index (Phi) is 6.13. The van der Waals surface area contributed by atoms with E-state index in [1.54, 1.807) is 11.8 Å². The van der Waals surface area contributed by atoms with Crippen LogP contribution in [0.2, 0.25) is 0 Å². The summed E-state index contributed by atoms with van der Waals surface area (Å²) in [6.07, 6.45) is 0. The molecular formula is C15H13Br2NOS. The van der Waals surface area contributed by atoms with Gasteiger partial charge in [0.05, 0.1) is 0 Å². The second-order valence-electron chi connectivity index (χ2n) is 4.08. The Morgan fingerprint density at radius 1 is 1.05 bits per heavy atom. The largest absolute Gasteiger partial charge is 0.351 e. The summed E-state index contributed by atoms with van der Waals surface area (Å²) < 4.78 is 1.77. The Balaban J connectivity index is 1.80. The lowest BCUT2D eigenvalue weighted by molar-refractivity contribution is 0.0956. The van der Waals surface area contributed by atoms with Crippen molar-refractivity contribution in [3.05, 3.63) is 63.0 Å². The average molecular weight is 415 g/mol. The van der Waals surface area contributed by atoms with E-state index in [2.05, 4.69) is 49.3 Å². The van der Waals surface area contributed by atoms with E-state index in [1.807, 2.05) is 36.4 Å². The first-order chi connectivity index (χ1) is 9.65. The maximum atomic E-state index is 12.0. The fourth-order valence-electron chi connectivity index (χ4n) is 1.64. The van der Waals surface area contributed by atoms with Gasteiger partial charge in [0, 0.05) is 31.7 Å². The summed E-state index contributed by atoms with van der Waals surface area (Å²) in [5, 5.41) is 2.92. The average Bonchev–Trinajstić information content (AvgIpc) is 2.43. The number of benzene rings is 2. The quantitative estimate of drug-likeness (QED) is 0.565. The highest BCUT2D eigenvalue weighted by molar-refractivity contribution is 9.11. The number of hydrogen-bond donors (Lipinski definition) is 1. The van der Waals surface area contributed by atoms with Crippen LogP contribution in [-0.2, 0) is 0 Å². The molecule has 1 amide bonds. The first-order valence-corrected chi connectivity index (χ1v) is 8.64. The molecule has 2 nitrogen and oxygen atoms in total. The number of halogens is 2. The minimum atomic E-state index is -0.0549. The number of amides is 1. The first-order valence-electron chi connectivity index (χ1n) is 6.07. The minimum absolute atomic E-state index is 0.0549. The standard InChI is InChI=1S/C15H13Br2NOS/c16-12-8-11(9-13(17)10-12)15(19)18-6-7-20-14-4-2-1-3-5-14/h1-5,8-10H,6-7H2,(H,18,19). The van der Waals surface area contributed by atoms with Crippen LogP contribution in [0.5, 0.6) is 0 Å². The zero-order chi connectivity index (χ0) is 14.4. The van der Waals surface area contributed by atoms with Crippen molar-refractivity contribution in [1.29, 1.82) is 0 Å². The van der Waals surface area contributed by atoms with Crippen molar-refractivity contribution in [3.63, 3.8) is 0 Å². The van der Waals surface area contributed by atoms with Crippen LogP contribution in [0.1, 0.15) is 10.4 Å². The van der Waals surface area contributed by atoms with Crippen molar-refractivity contribution in [2.24, 2.45) is 0 Å². The number of nitrogens with one attached hydrogen (secondary N) is 1. The molecule has 1 N–H and O–H groups in total. The van der Waals surface area contributed by atoms with Crippen molar-refractivity contribution >= 4 is 49.5 Å². The lowest BCUT2D eigenvalue weighted by Gasteiger charge is -2.06. The van der Waals surface area contributed by atoms with Gasteiger partial charge in [-0.3, -0.25) is 4.79 Å². The highest BCUT2D eigenvalue weighted by Gasteiger charge is 2.06. The smallest absolute Gasteiger partial charge is 0.251 e. The van der Waals surface area contributed by atoms with Gasteiger partial charge in [-0.25, -0.2) is 0 Å². The van der Waals surface area contributed by atoms with Crippen molar-refractivity contribution < 1.29 is 4.79 Å². The Labute approximate surface area is 139 Å². The number of carbonyl (C=O) groups excluding carboxylic acids is 1. The van der Waals surface area contributed by atoms with E-state index < -0.39 is 0 Å². The third kappa shape index (κ3) is 4.96. The third-order valence-corrected chi connectivity index (χ3v) is 4.45. The first kappa shape index (κ1) is 15.6. The molecule has 2 aromatic carbocycles. The van der Waals surface area contributed by atoms with Gasteiger partial charge in [0.1, 0.15) is 0 Å². The van der Waals surface area contributed by atoms with Crippen LogP contribution in [0.25, 0.3) is 0 Å². The molecular weight excluding hydrogens is 402 g/mol. The molecule has 104 valence electrons. The molecule has 2 rings (SSSR count). The molecule has 0 spiro atoms. The number of carbonyl (C=O) groups is 1. The van der Waals surface area contributed by atoms with Crippen LogP contribution >= 0.6 is 43.6 Å². The molecule has 0 fully saturated rings. The maximum absolute atomic E-state index is 12.0. The lowest BCUT2D eigenvalue weighted by Crippen LogP contribution is -2.25. The molecule has 0 bridgehead atoms. The van der Waals surface area contributed by atoms with Gasteiger partial charge >= 0.3 is 0 Å². The molecule has 0 aliphatic heterocycles. The highest BCUT2D eigenvalue weighted by atomic mass is 79.9. The molecule has 5 heteroatoms. The maximum Gasteiger partial charge on any atom is 0.251 e. The van der Waals surface area contributed by atoms with Crippen LogP contribution in [0.4, 0.5) is 0 Å². The number of hydrogen-bond acceptors (Lipinski definition) is 2. The zero-order valence-corrected chi connectivity index (χ0v) is 14.6. The summed E-state index contributed by atoms with van der Waals surface area (Å²) >= 11 is 8.49. The molecule has 0 aliphatic carbocycles. The number of rotatable bonds is 5. The van der Waals surface area contributed by atoms with Crippen molar-refractivity contribution in [3.8, 4) is 0 Å². The second-order valence-corrected chi connectivity index (χ2v) is 7.08. The summed E-state index contributed by atoms with van der Waals surface area (Å²) in [6, 6.07) is 15.7. The fraction of sp³-hybridized carbons (Fsp3) is 0.133. The summed E-state index contributed by atoms with van der Waals surface area (Å²) in [6.45, 7) is 0.641. The topological polar surface area (TPSA) is 29.1 Å². The van der Waals surface area contributed by atoms with Crippen LogP contribution in [0.3, 0.4) is 0 Å². The van der Waals surface area contributed by atoms with Crippen molar-refractivity contribution in [2.45, 2.75) is 4.90 Å². The minimum Gasteiger partial charge on any atom is -0.351 e. The number of thioether (sulfide) groups is 1. The summed E-state index contributed by atoms with van der Waals surface area (Å²) in [7, 11) is 0. The van der Waals surface area contributed by atoms with E-state index in [1.165, 1.54) is 4.90 Å². The van der Waals surface area contributed by atoms with E-state index in [4.69, 9.17) is 0 Å². The highest BCUT2D eigenvalue weighted by Crippen LogP contribution is 2.20. The van der Waals surface area contributed by atoms with Gasteiger partial charge in [0.15, 0.2) is 0 Å². The van der Waals surface area contributed by atoms with Gasteiger partial charge in [0.2, 0.25) is 0 Å². The van der Waals surface area contributed by atoms with Crippen molar-refractivity contribution in [1.82, 2.24) is 5.32 Å². The van der Waals surface area contributed by atoms with Crippen LogP contribution < -0.4 is 5.32 Å². The van der Waals surface area contributed by atoms with E-state index in [9.17, 15) is 4.79 Å². The SMILES string of the molecule is O=C(NCCSc1ccccc1)c1cc(Br)cc(Br)c1. The van der Waals surface area contributed by atoms with Gasteiger partial charge in [-0.1, -0.05) is 50.1 Å². The molecule has 0 saturated heterocycles. The molecule has 0 unspecified atom stereocenters. The Bertz CT molecular complexity index is 569. The monoisotopic (exact) mass is 413 g/mol. The van der Waals surface area contributed by atoms with Crippen LogP contribution in [0.15, 0.2) is 62.4 Å². The van der Waals surface area contributed by atoms with E-state index in [0.717, 1.165) is 14.7 Å². The Morgan fingerprint density at radius 2 is 1.70 bits per heavy atom. The van der Waals surface area contributed by atoms with E-state index in [-0.39, 0.29) is 5.91 Å². The summed E-state index contributed by atoms with van der Waals surface area (Å²) in [5.74, 6) is 0.797. The van der Waals surface area contributed by atoms with Crippen LogP contribution in [0, 0.1) is 0 Å². The van der Waals surface area contributed by atoms with Gasteiger partial charge in [-0.2, -0.15) is 0 Å². The van der Waals surface area contributed by atoms with E-state index >= 15 is 0 Å². The zero-order valence-electron chi connectivity index (χ0n) is 10.6. The molecule has 20 heavy (non-hydrogen) atoms. The lowest BCUT2D eigenvalue weighted by atomic mass is 10.2. The molecule has 0 aromatic heterocycles. The van der Waals surface area contributed by atoms with Gasteiger partial charge in [0.25, 0.3) is 5.91 Å². The predicted octanol–water partition coefficient (Wildman–Crippen LogP) is 4.73.